The first-order valence-corrected chi connectivity index (χ1v) is 8.80. The van der Waals surface area contributed by atoms with Crippen LogP contribution in [-0.2, 0) is 11.2 Å². The number of nitrogens with one attached hydrogen (secondary N) is 2. The third-order valence-corrected chi connectivity index (χ3v) is 4.96. The van der Waals surface area contributed by atoms with Crippen LogP contribution in [0.25, 0.3) is 0 Å². The van der Waals surface area contributed by atoms with Crippen LogP contribution in [0.2, 0.25) is 0 Å². The van der Waals surface area contributed by atoms with Gasteiger partial charge in [0.05, 0.1) is 19.2 Å². The summed E-state index contributed by atoms with van der Waals surface area (Å²) in [4.78, 5) is 21.0. The molecule has 1 aliphatic rings. The number of ether oxygens (including phenoxy) is 1. The van der Waals surface area contributed by atoms with E-state index in [0.29, 0.717) is 18.4 Å². The highest BCUT2D eigenvalue weighted by Gasteiger charge is 2.49. The van der Waals surface area contributed by atoms with Crippen LogP contribution in [-0.4, -0.2) is 39.7 Å². The highest BCUT2D eigenvalue weighted by Crippen LogP contribution is 2.42. The first-order chi connectivity index (χ1) is 12.4. The molecule has 0 aliphatic heterocycles. The van der Waals surface area contributed by atoms with Crippen LogP contribution >= 0.6 is 0 Å². The van der Waals surface area contributed by atoms with Gasteiger partial charge in [0.2, 0.25) is 17.7 Å². The van der Waals surface area contributed by atoms with Crippen molar-refractivity contribution < 1.29 is 14.1 Å². The van der Waals surface area contributed by atoms with E-state index >= 15 is 0 Å². The summed E-state index contributed by atoms with van der Waals surface area (Å²) in [6, 6.07) is 0.254. The van der Waals surface area contributed by atoms with E-state index in [1.807, 2.05) is 13.8 Å². The van der Waals surface area contributed by atoms with E-state index in [9.17, 15) is 4.79 Å². The zero-order chi connectivity index (χ0) is 18.7. The lowest BCUT2D eigenvalue weighted by Gasteiger charge is -2.52. The standard InChI is InChI=1S/C18H25N5O3/c1-5-25-16-11(2)8-19-17(23-16)22-14-7-13(18(14,3)4)21-15(24)6-12-9-20-26-10-12/h8-10,13-14H,5-7H2,1-4H3,(H,21,24)(H,19,22,23). The number of carbonyl (C=O) groups excluding carboxylic acids is 1. The maximum absolute atomic E-state index is 12.2. The first kappa shape index (κ1) is 18.2. The fourth-order valence-corrected chi connectivity index (χ4v) is 3.09. The van der Waals surface area contributed by atoms with Crippen molar-refractivity contribution in [2.45, 2.75) is 52.6 Å². The molecule has 140 valence electrons. The molecular formula is C18H25N5O3. The Morgan fingerprint density at radius 2 is 2.19 bits per heavy atom. The molecule has 1 saturated carbocycles. The van der Waals surface area contributed by atoms with Crippen LogP contribution in [0.4, 0.5) is 5.95 Å². The van der Waals surface area contributed by atoms with E-state index in [1.165, 1.54) is 6.26 Å². The number of aryl methyl sites for hydroxylation is 1. The molecular weight excluding hydrogens is 334 g/mol. The lowest BCUT2D eigenvalue weighted by atomic mass is 9.62. The van der Waals surface area contributed by atoms with Gasteiger partial charge in [0.15, 0.2) is 0 Å². The van der Waals surface area contributed by atoms with E-state index in [1.54, 1.807) is 12.4 Å². The van der Waals surface area contributed by atoms with E-state index < -0.39 is 0 Å². The molecule has 2 N–H and O–H groups in total. The van der Waals surface area contributed by atoms with Gasteiger partial charge in [-0.2, -0.15) is 4.98 Å². The number of amides is 1. The second-order valence-electron chi connectivity index (χ2n) is 7.20. The van der Waals surface area contributed by atoms with Gasteiger partial charge in [0, 0.05) is 34.8 Å². The van der Waals surface area contributed by atoms with Gasteiger partial charge in [-0.15, -0.1) is 0 Å². The topological polar surface area (TPSA) is 102 Å². The Hall–Kier alpha value is -2.64. The van der Waals surface area contributed by atoms with Crippen molar-refractivity contribution in [3.63, 3.8) is 0 Å². The first-order valence-electron chi connectivity index (χ1n) is 8.80. The molecule has 2 atom stereocenters. The van der Waals surface area contributed by atoms with E-state index in [-0.39, 0.29) is 29.8 Å². The van der Waals surface area contributed by atoms with Crippen LogP contribution in [0.15, 0.2) is 23.2 Å². The number of carbonyl (C=O) groups is 1. The Bertz CT molecular complexity index is 760. The van der Waals surface area contributed by atoms with E-state index in [0.717, 1.165) is 17.5 Å². The average Bonchev–Trinajstić information content (AvgIpc) is 3.10. The van der Waals surface area contributed by atoms with Crippen LogP contribution in [0.5, 0.6) is 5.88 Å². The number of hydrogen-bond acceptors (Lipinski definition) is 7. The molecule has 8 heteroatoms. The lowest BCUT2D eigenvalue weighted by molar-refractivity contribution is -0.123. The van der Waals surface area contributed by atoms with Crippen molar-refractivity contribution in [1.29, 1.82) is 0 Å². The predicted molar refractivity (Wildman–Crippen MR) is 95.9 cm³/mol. The number of hydrogen-bond donors (Lipinski definition) is 2. The summed E-state index contributed by atoms with van der Waals surface area (Å²) in [5.74, 6) is 1.11. The molecule has 2 aromatic rings. The molecule has 1 fully saturated rings. The molecule has 0 saturated heterocycles. The maximum Gasteiger partial charge on any atom is 0.226 e. The van der Waals surface area contributed by atoms with Crippen molar-refractivity contribution in [2.75, 3.05) is 11.9 Å². The predicted octanol–water partition coefficient (Wildman–Crippen LogP) is 2.11. The Labute approximate surface area is 152 Å². The summed E-state index contributed by atoms with van der Waals surface area (Å²) in [7, 11) is 0. The van der Waals surface area contributed by atoms with Gasteiger partial charge in [0.25, 0.3) is 0 Å². The van der Waals surface area contributed by atoms with Gasteiger partial charge < -0.3 is 19.9 Å². The van der Waals surface area contributed by atoms with Gasteiger partial charge >= 0.3 is 0 Å². The van der Waals surface area contributed by atoms with Crippen molar-refractivity contribution in [2.24, 2.45) is 5.41 Å². The quantitative estimate of drug-likeness (QED) is 0.780. The van der Waals surface area contributed by atoms with Crippen molar-refractivity contribution in [1.82, 2.24) is 20.4 Å². The minimum absolute atomic E-state index is 0.0325. The largest absolute Gasteiger partial charge is 0.478 e. The molecule has 2 heterocycles. The average molecular weight is 359 g/mol. The van der Waals surface area contributed by atoms with Gasteiger partial charge in [-0.25, -0.2) is 4.98 Å². The molecule has 3 rings (SSSR count). The summed E-state index contributed by atoms with van der Waals surface area (Å²) >= 11 is 0. The minimum atomic E-state index is -0.121. The molecule has 2 unspecified atom stereocenters. The number of anilines is 1. The van der Waals surface area contributed by atoms with Crippen LogP contribution < -0.4 is 15.4 Å². The van der Waals surface area contributed by atoms with Gasteiger partial charge in [-0.3, -0.25) is 4.79 Å². The van der Waals surface area contributed by atoms with Gasteiger partial charge in [-0.1, -0.05) is 19.0 Å². The number of aromatic nitrogens is 3. The highest BCUT2D eigenvalue weighted by atomic mass is 16.5. The second kappa shape index (κ2) is 7.31. The zero-order valence-electron chi connectivity index (χ0n) is 15.6. The normalized spacial score (nSPS) is 20.9. The van der Waals surface area contributed by atoms with Crippen LogP contribution in [0.1, 0.15) is 38.3 Å². The van der Waals surface area contributed by atoms with Gasteiger partial charge in [-0.05, 0) is 20.3 Å². The monoisotopic (exact) mass is 359 g/mol. The number of rotatable bonds is 7. The van der Waals surface area contributed by atoms with Crippen LogP contribution in [0, 0.1) is 12.3 Å². The highest BCUT2D eigenvalue weighted by molar-refractivity contribution is 5.79. The molecule has 0 aromatic carbocycles. The lowest BCUT2D eigenvalue weighted by Crippen LogP contribution is -2.64. The van der Waals surface area contributed by atoms with Crippen molar-refractivity contribution in [3.05, 3.63) is 29.8 Å². The molecule has 1 amide bonds. The van der Waals surface area contributed by atoms with Gasteiger partial charge in [0.1, 0.15) is 6.26 Å². The maximum atomic E-state index is 12.2. The van der Waals surface area contributed by atoms with Crippen LogP contribution in [0.3, 0.4) is 0 Å². The Kier molecular flexibility index (Phi) is 5.11. The molecule has 26 heavy (non-hydrogen) atoms. The summed E-state index contributed by atoms with van der Waals surface area (Å²) in [5.41, 5.74) is 1.56. The van der Waals surface area contributed by atoms with Crippen molar-refractivity contribution in [3.8, 4) is 5.88 Å². The fraction of sp³-hybridized carbons (Fsp3) is 0.556. The summed E-state index contributed by atoms with van der Waals surface area (Å²) < 4.78 is 10.3. The van der Waals surface area contributed by atoms with E-state index in [2.05, 4.69) is 39.6 Å². The zero-order valence-corrected chi connectivity index (χ0v) is 15.6. The smallest absolute Gasteiger partial charge is 0.226 e. The van der Waals surface area contributed by atoms with E-state index in [4.69, 9.17) is 9.26 Å². The Balaban J connectivity index is 1.57. The molecule has 1 aliphatic carbocycles. The molecule has 2 aromatic heterocycles. The third-order valence-electron chi connectivity index (χ3n) is 4.96. The molecule has 0 spiro atoms. The Morgan fingerprint density at radius 1 is 1.38 bits per heavy atom. The molecule has 8 nitrogen and oxygen atoms in total. The molecule has 0 bridgehead atoms. The fourth-order valence-electron chi connectivity index (χ4n) is 3.09. The summed E-state index contributed by atoms with van der Waals surface area (Å²) in [5, 5.41) is 10.1. The number of nitrogens with zero attached hydrogens (tertiary/aromatic N) is 3. The SMILES string of the molecule is CCOc1nc(NC2CC(NC(=O)Cc3cnoc3)C2(C)C)ncc1C. The van der Waals surface area contributed by atoms with Crippen molar-refractivity contribution >= 4 is 11.9 Å². The minimum Gasteiger partial charge on any atom is -0.478 e. The summed E-state index contributed by atoms with van der Waals surface area (Å²) in [6.07, 6.45) is 5.88. The molecule has 0 radical (unpaired) electrons. The summed E-state index contributed by atoms with van der Waals surface area (Å²) in [6.45, 7) is 8.65. The third kappa shape index (κ3) is 3.79. The Morgan fingerprint density at radius 3 is 2.85 bits per heavy atom. The second-order valence-corrected chi connectivity index (χ2v) is 7.20.